The lowest BCUT2D eigenvalue weighted by molar-refractivity contribution is 0.403. The Morgan fingerprint density at radius 1 is 1.60 bits per heavy atom. The Hall–Kier alpha value is -1.03. The summed E-state index contributed by atoms with van der Waals surface area (Å²) in [6.07, 6.45) is 3.01. The summed E-state index contributed by atoms with van der Waals surface area (Å²) in [7, 11) is 0. The fraction of sp³-hybridized carbons (Fsp3) is 0.600. The van der Waals surface area contributed by atoms with E-state index in [2.05, 4.69) is 4.98 Å². The van der Waals surface area contributed by atoms with E-state index in [9.17, 15) is 9.59 Å². The molecule has 0 saturated heterocycles. The molecule has 1 fully saturated rings. The van der Waals surface area contributed by atoms with Crippen LogP contribution in [0.15, 0.2) is 15.7 Å². The Labute approximate surface area is 91.9 Å². The van der Waals surface area contributed by atoms with Gasteiger partial charge in [0.1, 0.15) is 5.15 Å². The zero-order chi connectivity index (χ0) is 11.0. The molecule has 1 unspecified atom stereocenters. The van der Waals surface area contributed by atoms with Crippen molar-refractivity contribution >= 4 is 11.6 Å². The average Bonchev–Trinajstić information content (AvgIpc) is 2.94. The maximum Gasteiger partial charge on any atom is 0.329 e. The molecule has 1 aliphatic carbocycles. The summed E-state index contributed by atoms with van der Waals surface area (Å²) in [5, 5.41) is 0.104. The van der Waals surface area contributed by atoms with Gasteiger partial charge in [-0.05, 0) is 25.2 Å². The van der Waals surface area contributed by atoms with Crippen molar-refractivity contribution in [1.29, 1.82) is 0 Å². The van der Waals surface area contributed by atoms with Crippen molar-refractivity contribution in [2.45, 2.75) is 32.2 Å². The monoisotopic (exact) mass is 228 g/mol. The molecule has 5 heteroatoms. The SMILES string of the molecule is CCC(C1CC1)n1c(=O)cc(Cl)[nH]c1=O. The fourth-order valence-electron chi connectivity index (χ4n) is 2.00. The van der Waals surface area contributed by atoms with Gasteiger partial charge in [0.05, 0.1) is 0 Å². The molecule has 0 spiro atoms. The normalized spacial score (nSPS) is 17.7. The van der Waals surface area contributed by atoms with Crippen LogP contribution in [-0.2, 0) is 0 Å². The number of halogens is 1. The first-order valence-corrected chi connectivity index (χ1v) is 5.52. The predicted octanol–water partition coefficient (Wildman–Crippen LogP) is 1.55. The second-order valence-electron chi connectivity index (χ2n) is 3.94. The molecule has 0 bridgehead atoms. The van der Waals surface area contributed by atoms with E-state index in [1.54, 1.807) is 0 Å². The molecule has 1 heterocycles. The molecule has 82 valence electrons. The molecule has 1 aliphatic rings. The van der Waals surface area contributed by atoms with Gasteiger partial charge in [0.2, 0.25) is 0 Å². The van der Waals surface area contributed by atoms with Crippen LogP contribution in [0, 0.1) is 5.92 Å². The van der Waals surface area contributed by atoms with Gasteiger partial charge in [-0.15, -0.1) is 0 Å². The summed E-state index contributed by atoms with van der Waals surface area (Å²) in [5.74, 6) is 0.481. The number of nitrogens with zero attached hydrogens (tertiary/aromatic N) is 1. The highest BCUT2D eigenvalue weighted by atomic mass is 35.5. The summed E-state index contributed by atoms with van der Waals surface area (Å²) in [4.78, 5) is 25.7. The third kappa shape index (κ3) is 2.00. The van der Waals surface area contributed by atoms with Crippen LogP contribution in [-0.4, -0.2) is 9.55 Å². The molecule has 1 saturated carbocycles. The second-order valence-corrected chi connectivity index (χ2v) is 4.35. The molecule has 1 aromatic rings. The average molecular weight is 229 g/mol. The second kappa shape index (κ2) is 3.85. The van der Waals surface area contributed by atoms with E-state index < -0.39 is 5.69 Å². The van der Waals surface area contributed by atoms with E-state index in [1.807, 2.05) is 6.92 Å². The van der Waals surface area contributed by atoms with Gasteiger partial charge in [0.15, 0.2) is 0 Å². The molecule has 2 rings (SSSR count). The maximum absolute atomic E-state index is 11.7. The topological polar surface area (TPSA) is 54.9 Å². The molecule has 0 amide bonds. The molecule has 1 atom stereocenters. The molecule has 0 radical (unpaired) electrons. The van der Waals surface area contributed by atoms with E-state index in [0.717, 1.165) is 19.3 Å². The zero-order valence-corrected chi connectivity index (χ0v) is 9.25. The van der Waals surface area contributed by atoms with Crippen molar-refractivity contribution in [3.63, 3.8) is 0 Å². The van der Waals surface area contributed by atoms with Crippen LogP contribution in [0.4, 0.5) is 0 Å². The maximum atomic E-state index is 11.7. The fourth-order valence-corrected chi connectivity index (χ4v) is 2.17. The molecule has 4 nitrogen and oxygen atoms in total. The quantitative estimate of drug-likeness (QED) is 0.799. The highest BCUT2D eigenvalue weighted by molar-refractivity contribution is 6.29. The number of aromatic nitrogens is 2. The van der Waals surface area contributed by atoms with Gasteiger partial charge in [0, 0.05) is 12.1 Å². The van der Waals surface area contributed by atoms with Gasteiger partial charge in [0.25, 0.3) is 5.56 Å². The number of aromatic amines is 1. The smallest absolute Gasteiger partial charge is 0.298 e. The number of hydrogen-bond acceptors (Lipinski definition) is 2. The van der Waals surface area contributed by atoms with Gasteiger partial charge in [-0.2, -0.15) is 0 Å². The van der Waals surface area contributed by atoms with Gasteiger partial charge < -0.3 is 0 Å². The Bertz CT molecular complexity index is 442. The third-order valence-corrected chi connectivity index (χ3v) is 3.05. The number of rotatable bonds is 3. The lowest BCUT2D eigenvalue weighted by Gasteiger charge is -2.15. The van der Waals surface area contributed by atoms with Crippen molar-refractivity contribution in [3.8, 4) is 0 Å². The Kier molecular flexibility index (Phi) is 2.69. The highest BCUT2D eigenvalue weighted by Crippen LogP contribution is 2.40. The van der Waals surface area contributed by atoms with E-state index >= 15 is 0 Å². The summed E-state index contributed by atoms with van der Waals surface area (Å²) in [5.41, 5.74) is -0.700. The first-order chi connectivity index (χ1) is 7.13. The van der Waals surface area contributed by atoms with Crippen molar-refractivity contribution in [2.75, 3.05) is 0 Å². The number of H-pyrrole nitrogens is 1. The molecular weight excluding hydrogens is 216 g/mol. The minimum Gasteiger partial charge on any atom is -0.298 e. The van der Waals surface area contributed by atoms with Crippen LogP contribution < -0.4 is 11.2 Å². The number of nitrogens with one attached hydrogen (secondary N) is 1. The highest BCUT2D eigenvalue weighted by Gasteiger charge is 2.32. The Morgan fingerprint density at radius 3 is 2.73 bits per heavy atom. The predicted molar refractivity (Wildman–Crippen MR) is 58.4 cm³/mol. The lowest BCUT2D eigenvalue weighted by Crippen LogP contribution is -2.38. The lowest BCUT2D eigenvalue weighted by atomic mass is 10.1. The van der Waals surface area contributed by atoms with Crippen molar-refractivity contribution < 1.29 is 0 Å². The largest absolute Gasteiger partial charge is 0.329 e. The van der Waals surface area contributed by atoms with Crippen LogP contribution in [0.2, 0.25) is 5.15 Å². The van der Waals surface area contributed by atoms with Gasteiger partial charge in [-0.25, -0.2) is 4.79 Å². The zero-order valence-electron chi connectivity index (χ0n) is 8.50. The first-order valence-electron chi connectivity index (χ1n) is 5.15. The van der Waals surface area contributed by atoms with Crippen LogP contribution >= 0.6 is 11.6 Å². The van der Waals surface area contributed by atoms with E-state index in [0.29, 0.717) is 5.92 Å². The Morgan fingerprint density at radius 2 is 2.27 bits per heavy atom. The third-order valence-electron chi connectivity index (χ3n) is 2.85. The number of hydrogen-bond donors (Lipinski definition) is 1. The van der Waals surface area contributed by atoms with Crippen molar-refractivity contribution in [3.05, 3.63) is 32.1 Å². The molecule has 1 aromatic heterocycles. The van der Waals surface area contributed by atoms with Gasteiger partial charge >= 0.3 is 5.69 Å². The van der Waals surface area contributed by atoms with Crippen LogP contribution in [0.1, 0.15) is 32.2 Å². The molecule has 0 aliphatic heterocycles. The van der Waals surface area contributed by atoms with Crippen LogP contribution in [0.5, 0.6) is 0 Å². The van der Waals surface area contributed by atoms with Crippen LogP contribution in [0.3, 0.4) is 0 Å². The summed E-state index contributed by atoms with van der Waals surface area (Å²) >= 11 is 5.60. The minimum atomic E-state index is -0.397. The minimum absolute atomic E-state index is 0.0264. The van der Waals surface area contributed by atoms with Crippen molar-refractivity contribution in [2.24, 2.45) is 5.92 Å². The van der Waals surface area contributed by atoms with Gasteiger partial charge in [-0.3, -0.25) is 14.3 Å². The van der Waals surface area contributed by atoms with Crippen molar-refractivity contribution in [1.82, 2.24) is 9.55 Å². The first kappa shape index (κ1) is 10.5. The Balaban J connectivity index is 2.50. The van der Waals surface area contributed by atoms with E-state index in [4.69, 9.17) is 11.6 Å². The van der Waals surface area contributed by atoms with Gasteiger partial charge in [-0.1, -0.05) is 18.5 Å². The standard InChI is InChI=1S/C10H13ClN2O2/c1-2-7(6-3-4-6)13-9(14)5-8(11)12-10(13)15/h5-7H,2-4H2,1H3,(H,12,15). The van der Waals surface area contributed by atoms with Crippen LogP contribution in [0.25, 0.3) is 0 Å². The van der Waals surface area contributed by atoms with E-state index in [-0.39, 0.29) is 16.8 Å². The molecule has 0 aromatic carbocycles. The summed E-state index contributed by atoms with van der Waals surface area (Å²) in [6, 6.07) is 1.28. The molecule has 1 N–H and O–H groups in total. The summed E-state index contributed by atoms with van der Waals surface area (Å²) < 4.78 is 1.30. The summed E-state index contributed by atoms with van der Waals surface area (Å²) in [6.45, 7) is 1.99. The van der Waals surface area contributed by atoms with E-state index in [1.165, 1.54) is 10.6 Å². The molecular formula is C10H13ClN2O2. The molecule has 15 heavy (non-hydrogen) atoms.